The molecule has 1 saturated heterocycles. The lowest BCUT2D eigenvalue weighted by Gasteiger charge is -2.30. The second-order valence-corrected chi connectivity index (χ2v) is 6.69. The van der Waals surface area contributed by atoms with Crippen LogP contribution >= 0.6 is 24.0 Å². The van der Waals surface area contributed by atoms with Gasteiger partial charge >= 0.3 is 0 Å². The average Bonchev–Trinajstić information content (AvgIpc) is 2.48. The second-order valence-electron chi connectivity index (χ2n) is 4.86. The van der Waals surface area contributed by atoms with Gasteiger partial charge in [-0.25, -0.2) is 0 Å². The highest BCUT2D eigenvalue weighted by atomic mass is 32.2. The van der Waals surface area contributed by atoms with Crippen LogP contribution in [-0.2, 0) is 0 Å². The molecular formula is C16H21NS2. The number of rotatable bonds is 4. The Morgan fingerprint density at radius 1 is 1.26 bits per heavy atom. The molecule has 1 aliphatic heterocycles. The van der Waals surface area contributed by atoms with E-state index in [4.69, 9.17) is 12.2 Å². The summed E-state index contributed by atoms with van der Waals surface area (Å²) in [7, 11) is 0. The van der Waals surface area contributed by atoms with Gasteiger partial charge in [0.15, 0.2) is 0 Å². The van der Waals surface area contributed by atoms with E-state index in [0.29, 0.717) is 5.25 Å². The summed E-state index contributed by atoms with van der Waals surface area (Å²) in [6.45, 7) is 6.13. The molecule has 0 bridgehead atoms. The van der Waals surface area contributed by atoms with Crippen molar-refractivity contribution >= 4 is 28.3 Å². The van der Waals surface area contributed by atoms with Crippen LogP contribution in [0.4, 0.5) is 0 Å². The van der Waals surface area contributed by atoms with Crippen LogP contribution in [0.2, 0.25) is 0 Å². The Balaban J connectivity index is 2.00. The van der Waals surface area contributed by atoms with Crippen molar-refractivity contribution in [2.24, 2.45) is 0 Å². The fraction of sp³-hybridized carbons (Fsp3) is 0.438. The molecule has 0 saturated carbocycles. The van der Waals surface area contributed by atoms with Crippen LogP contribution in [0, 0.1) is 0 Å². The largest absolute Gasteiger partial charge is 0.358 e. The van der Waals surface area contributed by atoms with E-state index in [9.17, 15) is 0 Å². The molecule has 102 valence electrons. The van der Waals surface area contributed by atoms with E-state index < -0.39 is 0 Å². The summed E-state index contributed by atoms with van der Waals surface area (Å²) in [6.07, 6.45) is 6.85. The minimum atomic E-state index is 0.396. The quantitative estimate of drug-likeness (QED) is 0.579. The maximum absolute atomic E-state index is 5.62. The molecular weight excluding hydrogens is 270 g/mol. The van der Waals surface area contributed by atoms with Gasteiger partial charge in [0.25, 0.3) is 0 Å². The average molecular weight is 291 g/mol. The molecule has 19 heavy (non-hydrogen) atoms. The molecule has 1 aliphatic rings. The van der Waals surface area contributed by atoms with Gasteiger partial charge in [-0.1, -0.05) is 60.4 Å². The third-order valence-corrected chi connectivity index (χ3v) is 5.17. The first kappa shape index (κ1) is 14.6. The van der Waals surface area contributed by atoms with Crippen LogP contribution in [-0.4, -0.2) is 22.3 Å². The van der Waals surface area contributed by atoms with Crippen LogP contribution in [0.5, 0.6) is 0 Å². The number of allylic oxidation sites excluding steroid dienone is 1. The summed E-state index contributed by atoms with van der Waals surface area (Å²) in [5, 5.41) is 0.396. The first-order valence-electron chi connectivity index (χ1n) is 6.92. The molecule has 0 aromatic heterocycles. The van der Waals surface area contributed by atoms with Crippen LogP contribution in [0.25, 0.3) is 0 Å². The van der Waals surface area contributed by atoms with Crippen molar-refractivity contribution in [2.45, 2.75) is 30.9 Å². The zero-order valence-electron chi connectivity index (χ0n) is 11.3. The van der Waals surface area contributed by atoms with Crippen molar-refractivity contribution in [3.8, 4) is 0 Å². The summed E-state index contributed by atoms with van der Waals surface area (Å²) >= 11 is 7.43. The van der Waals surface area contributed by atoms with Gasteiger partial charge in [-0.2, -0.15) is 0 Å². The van der Waals surface area contributed by atoms with E-state index in [0.717, 1.165) is 23.8 Å². The minimum absolute atomic E-state index is 0.396. The Kier molecular flexibility index (Phi) is 5.93. The number of piperidine rings is 1. The molecule has 1 atom stereocenters. The van der Waals surface area contributed by atoms with E-state index >= 15 is 0 Å². The smallest absolute Gasteiger partial charge is 0.136 e. The minimum Gasteiger partial charge on any atom is -0.358 e. The molecule has 1 aromatic carbocycles. The Bertz CT molecular complexity index is 410. The van der Waals surface area contributed by atoms with Gasteiger partial charge in [-0.15, -0.1) is 6.58 Å². The molecule has 0 radical (unpaired) electrons. The van der Waals surface area contributed by atoms with Gasteiger partial charge in [0.05, 0.1) is 0 Å². The SMILES string of the molecule is C=CCC(SC(=S)N1CCCCC1)c1ccccc1. The van der Waals surface area contributed by atoms with Gasteiger partial charge in [0, 0.05) is 18.3 Å². The van der Waals surface area contributed by atoms with Crippen molar-refractivity contribution in [1.82, 2.24) is 4.90 Å². The number of thiocarbonyl (C=S) groups is 1. The summed E-state index contributed by atoms with van der Waals surface area (Å²) in [6, 6.07) is 10.6. The number of hydrogen-bond donors (Lipinski definition) is 0. The number of benzene rings is 1. The van der Waals surface area contributed by atoms with Gasteiger partial charge in [0.2, 0.25) is 0 Å². The van der Waals surface area contributed by atoms with Crippen LogP contribution in [0.1, 0.15) is 36.5 Å². The first-order valence-corrected chi connectivity index (χ1v) is 8.21. The van der Waals surface area contributed by atoms with Crippen LogP contribution < -0.4 is 0 Å². The van der Waals surface area contributed by atoms with Crippen molar-refractivity contribution in [2.75, 3.05) is 13.1 Å². The zero-order chi connectivity index (χ0) is 13.5. The molecule has 0 spiro atoms. The fourth-order valence-corrected chi connectivity index (χ4v) is 3.98. The summed E-state index contributed by atoms with van der Waals surface area (Å²) in [5.74, 6) is 0. The van der Waals surface area contributed by atoms with Crippen molar-refractivity contribution < 1.29 is 0 Å². The van der Waals surface area contributed by atoms with Crippen LogP contribution in [0.3, 0.4) is 0 Å². The van der Waals surface area contributed by atoms with E-state index in [2.05, 4.69) is 41.8 Å². The highest BCUT2D eigenvalue weighted by molar-refractivity contribution is 8.23. The molecule has 1 heterocycles. The molecule has 1 nitrogen and oxygen atoms in total. The normalized spacial score (nSPS) is 16.9. The van der Waals surface area contributed by atoms with Gasteiger partial charge < -0.3 is 4.90 Å². The third kappa shape index (κ3) is 4.36. The summed E-state index contributed by atoms with van der Waals surface area (Å²) < 4.78 is 1.05. The Morgan fingerprint density at radius 2 is 1.95 bits per heavy atom. The van der Waals surface area contributed by atoms with Crippen LogP contribution in [0.15, 0.2) is 43.0 Å². The third-order valence-electron chi connectivity index (χ3n) is 3.41. The standard InChI is InChI=1S/C16H21NS2/c1-2-9-15(14-10-5-3-6-11-14)19-16(18)17-12-7-4-8-13-17/h2-3,5-6,10-11,15H,1,4,7-9,12-13H2. The van der Waals surface area contributed by atoms with Gasteiger partial charge in [-0.3, -0.25) is 0 Å². The van der Waals surface area contributed by atoms with E-state index in [-0.39, 0.29) is 0 Å². The molecule has 1 unspecified atom stereocenters. The number of thioether (sulfide) groups is 1. The number of hydrogen-bond acceptors (Lipinski definition) is 2. The van der Waals surface area contributed by atoms with E-state index in [1.54, 1.807) is 0 Å². The lowest BCUT2D eigenvalue weighted by atomic mass is 10.1. The molecule has 2 rings (SSSR count). The molecule has 1 fully saturated rings. The molecule has 1 aromatic rings. The number of nitrogens with zero attached hydrogens (tertiary/aromatic N) is 1. The van der Waals surface area contributed by atoms with E-state index in [1.165, 1.54) is 24.8 Å². The number of likely N-dealkylation sites (tertiary alicyclic amines) is 1. The predicted octanol–water partition coefficient (Wildman–Crippen LogP) is 4.81. The second kappa shape index (κ2) is 7.71. The Hall–Kier alpha value is -0.800. The van der Waals surface area contributed by atoms with Crippen molar-refractivity contribution in [3.05, 3.63) is 48.6 Å². The maximum atomic E-state index is 5.62. The molecule has 0 N–H and O–H groups in total. The van der Waals surface area contributed by atoms with E-state index in [1.807, 2.05) is 17.8 Å². The Labute approximate surface area is 126 Å². The topological polar surface area (TPSA) is 3.24 Å². The summed E-state index contributed by atoms with van der Waals surface area (Å²) in [5.41, 5.74) is 1.34. The van der Waals surface area contributed by atoms with Gasteiger partial charge in [-0.05, 0) is 31.2 Å². The lowest BCUT2D eigenvalue weighted by molar-refractivity contribution is 0.352. The molecule has 0 aliphatic carbocycles. The predicted molar refractivity (Wildman–Crippen MR) is 89.6 cm³/mol. The highest BCUT2D eigenvalue weighted by Crippen LogP contribution is 2.34. The zero-order valence-corrected chi connectivity index (χ0v) is 12.9. The highest BCUT2D eigenvalue weighted by Gasteiger charge is 2.18. The van der Waals surface area contributed by atoms with Gasteiger partial charge in [0.1, 0.15) is 4.32 Å². The van der Waals surface area contributed by atoms with Crippen molar-refractivity contribution in [1.29, 1.82) is 0 Å². The Morgan fingerprint density at radius 3 is 2.58 bits per heavy atom. The summed E-state index contributed by atoms with van der Waals surface area (Å²) in [4.78, 5) is 2.36. The first-order chi connectivity index (χ1) is 9.31. The molecule has 0 amide bonds. The lowest BCUT2D eigenvalue weighted by Crippen LogP contribution is -2.33. The van der Waals surface area contributed by atoms with Crippen molar-refractivity contribution in [3.63, 3.8) is 0 Å². The molecule has 3 heteroatoms. The monoisotopic (exact) mass is 291 g/mol. The maximum Gasteiger partial charge on any atom is 0.136 e. The fourth-order valence-electron chi connectivity index (χ4n) is 2.34.